The van der Waals surface area contributed by atoms with Gasteiger partial charge in [0, 0.05) is 18.5 Å². The highest BCUT2D eigenvalue weighted by Gasteiger charge is 2.46. The first-order valence-electron chi connectivity index (χ1n) is 7.72. The quantitative estimate of drug-likeness (QED) is 0.805. The van der Waals surface area contributed by atoms with Gasteiger partial charge < -0.3 is 15.3 Å². The molecule has 108 valence electrons. The van der Waals surface area contributed by atoms with E-state index in [0.717, 1.165) is 12.8 Å². The smallest absolute Gasteiger partial charge is 0.223 e. The van der Waals surface area contributed by atoms with Crippen LogP contribution in [0, 0.1) is 11.8 Å². The number of hydrogen-bond donors (Lipinski definition) is 2. The van der Waals surface area contributed by atoms with Crippen LogP contribution in [0.3, 0.4) is 0 Å². The Morgan fingerprint density at radius 3 is 2.42 bits per heavy atom. The number of amides is 1. The Labute approximate surface area is 115 Å². The van der Waals surface area contributed by atoms with Crippen LogP contribution in [0.15, 0.2) is 0 Å². The molecule has 0 radical (unpaired) electrons. The number of hydrogen-bond acceptors (Lipinski definition) is 3. The van der Waals surface area contributed by atoms with E-state index in [1.54, 1.807) is 0 Å². The number of piperidine rings is 1. The minimum absolute atomic E-state index is 0.228. The van der Waals surface area contributed by atoms with E-state index in [2.05, 4.69) is 5.32 Å². The number of rotatable bonds is 3. The summed E-state index contributed by atoms with van der Waals surface area (Å²) in [4.78, 5) is 14.1. The SMILES string of the molecule is CC(C)C1(O)CN(C(=O)CC2CC3CCC(C2)N3)C1. The van der Waals surface area contributed by atoms with Gasteiger partial charge >= 0.3 is 0 Å². The molecule has 4 heteroatoms. The molecule has 19 heavy (non-hydrogen) atoms. The molecular weight excluding hydrogens is 240 g/mol. The van der Waals surface area contributed by atoms with Crippen LogP contribution in [0.2, 0.25) is 0 Å². The first kappa shape index (κ1) is 13.4. The molecule has 3 saturated heterocycles. The van der Waals surface area contributed by atoms with Crippen molar-refractivity contribution in [2.75, 3.05) is 13.1 Å². The number of likely N-dealkylation sites (tertiary alicyclic amines) is 1. The zero-order valence-electron chi connectivity index (χ0n) is 12.1. The third kappa shape index (κ3) is 2.52. The third-order valence-electron chi connectivity index (χ3n) is 5.39. The summed E-state index contributed by atoms with van der Waals surface area (Å²) in [5.41, 5.74) is -0.636. The van der Waals surface area contributed by atoms with E-state index >= 15 is 0 Å². The second kappa shape index (κ2) is 4.74. The van der Waals surface area contributed by atoms with Crippen LogP contribution in [0.4, 0.5) is 0 Å². The van der Waals surface area contributed by atoms with Crippen molar-refractivity contribution in [3.8, 4) is 0 Å². The molecule has 3 aliphatic heterocycles. The normalized spacial score (nSPS) is 36.4. The molecule has 2 N–H and O–H groups in total. The number of fused-ring (bicyclic) bond motifs is 2. The highest BCUT2D eigenvalue weighted by atomic mass is 16.3. The number of β-amino-alcohol motifs (C(OH)–C–C–N with tert-alkyl or cyclic N) is 1. The molecule has 2 bridgehead atoms. The molecule has 0 saturated carbocycles. The van der Waals surface area contributed by atoms with Crippen molar-refractivity contribution in [2.45, 2.75) is 63.6 Å². The summed E-state index contributed by atoms with van der Waals surface area (Å²) in [6, 6.07) is 1.31. The van der Waals surface area contributed by atoms with E-state index in [4.69, 9.17) is 0 Å². The monoisotopic (exact) mass is 266 g/mol. The van der Waals surface area contributed by atoms with Crippen molar-refractivity contribution in [2.24, 2.45) is 11.8 Å². The Morgan fingerprint density at radius 1 is 1.32 bits per heavy atom. The van der Waals surface area contributed by atoms with Gasteiger partial charge in [-0.2, -0.15) is 0 Å². The van der Waals surface area contributed by atoms with Gasteiger partial charge in [0.25, 0.3) is 0 Å². The minimum Gasteiger partial charge on any atom is -0.386 e. The number of nitrogens with zero attached hydrogens (tertiary/aromatic N) is 1. The fraction of sp³-hybridized carbons (Fsp3) is 0.933. The van der Waals surface area contributed by atoms with Crippen LogP contribution < -0.4 is 5.32 Å². The molecule has 3 fully saturated rings. The molecule has 2 unspecified atom stereocenters. The number of carbonyl (C=O) groups excluding carboxylic acids is 1. The van der Waals surface area contributed by atoms with Gasteiger partial charge in [-0.1, -0.05) is 13.8 Å². The van der Waals surface area contributed by atoms with Crippen LogP contribution in [0.1, 0.15) is 46.0 Å². The lowest BCUT2D eigenvalue weighted by Crippen LogP contribution is -2.66. The molecule has 2 atom stereocenters. The predicted molar refractivity (Wildman–Crippen MR) is 73.7 cm³/mol. The van der Waals surface area contributed by atoms with E-state index in [-0.39, 0.29) is 11.8 Å². The zero-order valence-corrected chi connectivity index (χ0v) is 12.1. The molecule has 0 aliphatic carbocycles. The second-order valence-corrected chi connectivity index (χ2v) is 7.19. The van der Waals surface area contributed by atoms with Gasteiger partial charge in [0.05, 0.1) is 13.1 Å². The molecule has 1 amide bonds. The summed E-state index contributed by atoms with van der Waals surface area (Å²) >= 11 is 0. The average Bonchev–Trinajstić information content (AvgIpc) is 2.64. The number of nitrogens with one attached hydrogen (secondary N) is 1. The van der Waals surface area contributed by atoms with Gasteiger partial charge in [-0.25, -0.2) is 0 Å². The van der Waals surface area contributed by atoms with Gasteiger partial charge in [-0.3, -0.25) is 4.79 Å². The van der Waals surface area contributed by atoms with Gasteiger partial charge in [-0.15, -0.1) is 0 Å². The Balaban J connectivity index is 1.48. The van der Waals surface area contributed by atoms with E-state index in [0.29, 0.717) is 37.5 Å². The van der Waals surface area contributed by atoms with Crippen molar-refractivity contribution in [1.29, 1.82) is 0 Å². The van der Waals surface area contributed by atoms with E-state index < -0.39 is 5.60 Å². The second-order valence-electron chi connectivity index (χ2n) is 7.19. The first-order valence-corrected chi connectivity index (χ1v) is 7.72. The van der Waals surface area contributed by atoms with Crippen LogP contribution in [0.5, 0.6) is 0 Å². The summed E-state index contributed by atoms with van der Waals surface area (Å²) in [7, 11) is 0. The van der Waals surface area contributed by atoms with Crippen LogP contribution >= 0.6 is 0 Å². The Hall–Kier alpha value is -0.610. The molecule has 4 nitrogen and oxygen atoms in total. The molecule has 3 aliphatic rings. The third-order valence-corrected chi connectivity index (χ3v) is 5.39. The fourth-order valence-electron chi connectivity index (χ4n) is 3.87. The van der Waals surface area contributed by atoms with Gasteiger partial charge in [0.1, 0.15) is 5.60 Å². The molecule has 0 spiro atoms. The summed E-state index contributed by atoms with van der Waals surface area (Å²) < 4.78 is 0. The summed E-state index contributed by atoms with van der Waals surface area (Å²) in [5.74, 6) is 1.03. The molecule has 3 heterocycles. The van der Waals surface area contributed by atoms with Crippen molar-refractivity contribution < 1.29 is 9.90 Å². The summed E-state index contributed by atoms with van der Waals surface area (Å²) in [6.07, 6.45) is 5.57. The van der Waals surface area contributed by atoms with Gasteiger partial charge in [0.15, 0.2) is 0 Å². The Morgan fingerprint density at radius 2 is 1.89 bits per heavy atom. The molecule has 0 aromatic carbocycles. The van der Waals surface area contributed by atoms with E-state index in [1.165, 1.54) is 12.8 Å². The summed E-state index contributed by atoms with van der Waals surface area (Å²) in [6.45, 7) is 5.10. The Kier molecular flexibility index (Phi) is 3.34. The summed E-state index contributed by atoms with van der Waals surface area (Å²) in [5, 5.41) is 13.8. The fourth-order valence-corrected chi connectivity index (χ4v) is 3.87. The standard InChI is InChI=1S/C15H26N2O2/c1-10(2)15(19)8-17(9-15)14(18)7-11-5-12-3-4-13(6-11)16-12/h10-13,16,19H,3-9H2,1-2H3. The maximum atomic E-state index is 12.2. The highest BCUT2D eigenvalue weighted by Crippen LogP contribution is 2.35. The van der Waals surface area contributed by atoms with Gasteiger partial charge in [-0.05, 0) is 37.5 Å². The van der Waals surface area contributed by atoms with E-state index in [9.17, 15) is 9.90 Å². The molecule has 0 aromatic rings. The maximum Gasteiger partial charge on any atom is 0.223 e. The van der Waals surface area contributed by atoms with Gasteiger partial charge in [0.2, 0.25) is 5.91 Å². The topological polar surface area (TPSA) is 52.6 Å². The largest absolute Gasteiger partial charge is 0.386 e. The predicted octanol–water partition coefficient (Wildman–Crippen LogP) is 1.14. The lowest BCUT2D eigenvalue weighted by molar-refractivity contribution is -0.164. The number of aliphatic hydroxyl groups is 1. The van der Waals surface area contributed by atoms with Crippen LogP contribution in [0.25, 0.3) is 0 Å². The van der Waals surface area contributed by atoms with E-state index in [1.807, 2.05) is 18.7 Å². The molecule has 3 rings (SSSR count). The maximum absolute atomic E-state index is 12.2. The zero-order chi connectivity index (χ0) is 13.6. The lowest BCUT2D eigenvalue weighted by Gasteiger charge is -2.49. The number of carbonyl (C=O) groups is 1. The first-order chi connectivity index (χ1) is 8.96. The van der Waals surface area contributed by atoms with Crippen molar-refractivity contribution in [3.05, 3.63) is 0 Å². The van der Waals surface area contributed by atoms with Crippen LogP contribution in [-0.2, 0) is 4.79 Å². The molecule has 0 aromatic heterocycles. The van der Waals surface area contributed by atoms with Crippen molar-refractivity contribution in [3.63, 3.8) is 0 Å². The molecular formula is C15H26N2O2. The lowest BCUT2D eigenvalue weighted by atomic mass is 9.82. The van der Waals surface area contributed by atoms with Crippen molar-refractivity contribution >= 4 is 5.91 Å². The van der Waals surface area contributed by atoms with Crippen LogP contribution in [-0.4, -0.2) is 46.7 Å². The highest BCUT2D eigenvalue weighted by molar-refractivity contribution is 5.77. The minimum atomic E-state index is -0.636. The van der Waals surface area contributed by atoms with Crippen molar-refractivity contribution in [1.82, 2.24) is 10.2 Å². The average molecular weight is 266 g/mol. The Bertz CT molecular complexity index is 351.